The molecule has 1 aromatic carbocycles. The van der Waals surface area contributed by atoms with Gasteiger partial charge in [0.25, 0.3) is 5.91 Å². The van der Waals surface area contributed by atoms with E-state index in [1.165, 1.54) is 5.56 Å². The zero-order chi connectivity index (χ0) is 9.97. The zero-order valence-electron chi connectivity index (χ0n) is 8.49. The van der Waals surface area contributed by atoms with Crippen LogP contribution in [0.5, 0.6) is 0 Å². The first-order chi connectivity index (χ1) is 6.77. The maximum atomic E-state index is 11.9. The average Bonchev–Trinajstić information content (AvgIpc) is 2.71. The highest BCUT2D eigenvalue weighted by atomic mass is 16.2. The lowest BCUT2D eigenvalue weighted by Gasteiger charge is -2.14. The fourth-order valence-corrected chi connectivity index (χ4v) is 1.80. The molecule has 0 atom stereocenters. The number of rotatable bonds is 1. The van der Waals surface area contributed by atoms with Gasteiger partial charge in [0.1, 0.15) is 0 Å². The van der Waals surface area contributed by atoms with E-state index in [-0.39, 0.29) is 5.91 Å². The van der Waals surface area contributed by atoms with Crippen molar-refractivity contribution >= 4 is 5.91 Å². The molecule has 0 N–H and O–H groups in total. The van der Waals surface area contributed by atoms with Crippen molar-refractivity contribution in [3.05, 3.63) is 35.4 Å². The summed E-state index contributed by atoms with van der Waals surface area (Å²) in [7, 11) is 0. The van der Waals surface area contributed by atoms with E-state index < -0.39 is 0 Å². The molecule has 0 radical (unpaired) electrons. The van der Waals surface area contributed by atoms with Crippen molar-refractivity contribution in [1.82, 2.24) is 4.90 Å². The van der Waals surface area contributed by atoms with Crippen LogP contribution in [0.1, 0.15) is 28.8 Å². The molecule has 0 bridgehead atoms. The van der Waals surface area contributed by atoms with Crippen LogP contribution in [-0.4, -0.2) is 23.9 Å². The smallest absolute Gasteiger partial charge is 0.253 e. The second-order valence-electron chi connectivity index (χ2n) is 3.87. The molecule has 0 spiro atoms. The van der Waals surface area contributed by atoms with E-state index in [0.29, 0.717) is 0 Å². The van der Waals surface area contributed by atoms with E-state index in [1.54, 1.807) is 0 Å². The minimum Gasteiger partial charge on any atom is -0.339 e. The Bertz CT molecular complexity index is 323. The lowest BCUT2D eigenvalue weighted by atomic mass is 10.1. The number of nitrogens with zero attached hydrogens (tertiary/aromatic N) is 1. The molecule has 0 unspecified atom stereocenters. The Morgan fingerprint density at radius 2 is 1.71 bits per heavy atom. The molecule has 1 aliphatic rings. The van der Waals surface area contributed by atoms with E-state index in [1.807, 2.05) is 36.1 Å². The molecule has 2 nitrogen and oxygen atoms in total. The van der Waals surface area contributed by atoms with Gasteiger partial charge in [0, 0.05) is 18.7 Å². The zero-order valence-corrected chi connectivity index (χ0v) is 8.49. The third-order valence-corrected chi connectivity index (χ3v) is 2.69. The Morgan fingerprint density at radius 1 is 1.14 bits per heavy atom. The summed E-state index contributed by atoms with van der Waals surface area (Å²) in [4.78, 5) is 13.8. The van der Waals surface area contributed by atoms with Crippen LogP contribution in [0.25, 0.3) is 0 Å². The van der Waals surface area contributed by atoms with Crippen molar-refractivity contribution in [2.24, 2.45) is 0 Å². The largest absolute Gasteiger partial charge is 0.339 e. The summed E-state index contributed by atoms with van der Waals surface area (Å²) in [6.45, 7) is 3.88. The van der Waals surface area contributed by atoms with Crippen molar-refractivity contribution in [2.75, 3.05) is 13.1 Å². The molecule has 1 aliphatic heterocycles. The lowest BCUT2D eigenvalue weighted by Crippen LogP contribution is -2.27. The van der Waals surface area contributed by atoms with E-state index in [2.05, 4.69) is 0 Å². The SMILES string of the molecule is Cc1ccc(C(=O)N2CCCC2)cc1. The molecule has 74 valence electrons. The number of hydrogen-bond acceptors (Lipinski definition) is 1. The van der Waals surface area contributed by atoms with Crippen LogP contribution in [0.15, 0.2) is 24.3 Å². The molecule has 1 heterocycles. The Labute approximate surface area is 84.5 Å². The summed E-state index contributed by atoms with van der Waals surface area (Å²) in [5.41, 5.74) is 2.01. The highest BCUT2D eigenvalue weighted by molar-refractivity contribution is 5.94. The number of carbonyl (C=O) groups excluding carboxylic acids is 1. The van der Waals surface area contributed by atoms with Gasteiger partial charge in [-0.25, -0.2) is 0 Å². The Kier molecular flexibility index (Phi) is 2.53. The topological polar surface area (TPSA) is 20.3 Å². The monoisotopic (exact) mass is 189 g/mol. The number of likely N-dealkylation sites (tertiary alicyclic amines) is 1. The third kappa shape index (κ3) is 1.79. The van der Waals surface area contributed by atoms with Gasteiger partial charge >= 0.3 is 0 Å². The molecule has 0 aliphatic carbocycles. The number of aryl methyl sites for hydroxylation is 1. The van der Waals surface area contributed by atoms with E-state index >= 15 is 0 Å². The molecule has 1 amide bonds. The van der Waals surface area contributed by atoms with Gasteiger partial charge in [0.2, 0.25) is 0 Å². The molecule has 0 saturated carbocycles. The predicted octanol–water partition coefficient (Wildman–Crippen LogP) is 2.23. The van der Waals surface area contributed by atoms with Crippen LogP contribution in [-0.2, 0) is 0 Å². The van der Waals surface area contributed by atoms with Crippen molar-refractivity contribution in [3.8, 4) is 0 Å². The molecule has 1 aromatic rings. The first kappa shape index (κ1) is 9.25. The fraction of sp³-hybridized carbons (Fsp3) is 0.417. The molecule has 1 fully saturated rings. The molecule has 2 rings (SSSR count). The summed E-state index contributed by atoms with van der Waals surface area (Å²) in [6.07, 6.45) is 2.30. The van der Waals surface area contributed by atoms with Crippen LogP contribution in [0.2, 0.25) is 0 Å². The number of carbonyl (C=O) groups is 1. The normalized spacial score (nSPS) is 15.9. The van der Waals surface area contributed by atoms with Crippen LogP contribution >= 0.6 is 0 Å². The van der Waals surface area contributed by atoms with Gasteiger partial charge in [-0.05, 0) is 31.9 Å². The van der Waals surface area contributed by atoms with Gasteiger partial charge < -0.3 is 4.90 Å². The number of amides is 1. The van der Waals surface area contributed by atoms with Crippen molar-refractivity contribution in [3.63, 3.8) is 0 Å². The van der Waals surface area contributed by atoms with E-state index in [4.69, 9.17) is 0 Å². The minimum atomic E-state index is 0.183. The van der Waals surface area contributed by atoms with Crippen LogP contribution in [0.3, 0.4) is 0 Å². The van der Waals surface area contributed by atoms with Gasteiger partial charge in [-0.2, -0.15) is 0 Å². The third-order valence-electron chi connectivity index (χ3n) is 2.69. The second-order valence-corrected chi connectivity index (χ2v) is 3.87. The van der Waals surface area contributed by atoms with E-state index in [0.717, 1.165) is 31.5 Å². The minimum absolute atomic E-state index is 0.183. The number of hydrogen-bond donors (Lipinski definition) is 0. The van der Waals surface area contributed by atoms with Crippen molar-refractivity contribution in [2.45, 2.75) is 19.8 Å². The first-order valence-corrected chi connectivity index (χ1v) is 5.13. The maximum absolute atomic E-state index is 11.9. The summed E-state index contributed by atoms with van der Waals surface area (Å²) in [6, 6.07) is 7.80. The predicted molar refractivity (Wildman–Crippen MR) is 56.3 cm³/mol. The Hall–Kier alpha value is -1.31. The quantitative estimate of drug-likeness (QED) is 0.663. The highest BCUT2D eigenvalue weighted by Gasteiger charge is 2.18. The lowest BCUT2D eigenvalue weighted by molar-refractivity contribution is 0.0793. The molecular formula is C12H15NO. The van der Waals surface area contributed by atoms with Gasteiger partial charge in [0.15, 0.2) is 0 Å². The summed E-state index contributed by atoms with van der Waals surface area (Å²) >= 11 is 0. The molecule has 2 heteroatoms. The van der Waals surface area contributed by atoms with Gasteiger partial charge in [-0.1, -0.05) is 17.7 Å². The van der Waals surface area contributed by atoms with Crippen LogP contribution in [0.4, 0.5) is 0 Å². The molecule has 1 saturated heterocycles. The standard InChI is InChI=1S/C12H15NO/c1-10-4-6-11(7-5-10)12(14)13-8-2-3-9-13/h4-7H,2-3,8-9H2,1H3. The average molecular weight is 189 g/mol. The maximum Gasteiger partial charge on any atom is 0.253 e. The second kappa shape index (κ2) is 3.82. The van der Waals surface area contributed by atoms with Gasteiger partial charge in [0.05, 0.1) is 0 Å². The van der Waals surface area contributed by atoms with E-state index in [9.17, 15) is 4.79 Å². The van der Waals surface area contributed by atoms with Gasteiger partial charge in [-0.15, -0.1) is 0 Å². The number of benzene rings is 1. The Morgan fingerprint density at radius 3 is 2.29 bits per heavy atom. The Balaban J connectivity index is 2.14. The van der Waals surface area contributed by atoms with Crippen LogP contribution in [0, 0.1) is 6.92 Å². The highest BCUT2D eigenvalue weighted by Crippen LogP contribution is 2.13. The van der Waals surface area contributed by atoms with Crippen molar-refractivity contribution in [1.29, 1.82) is 0 Å². The molecule has 0 aromatic heterocycles. The molecule has 14 heavy (non-hydrogen) atoms. The van der Waals surface area contributed by atoms with Crippen molar-refractivity contribution < 1.29 is 4.79 Å². The summed E-state index contributed by atoms with van der Waals surface area (Å²) in [5, 5.41) is 0. The summed E-state index contributed by atoms with van der Waals surface area (Å²) < 4.78 is 0. The van der Waals surface area contributed by atoms with Gasteiger partial charge in [-0.3, -0.25) is 4.79 Å². The first-order valence-electron chi connectivity index (χ1n) is 5.13. The van der Waals surface area contributed by atoms with Crippen LogP contribution < -0.4 is 0 Å². The summed E-state index contributed by atoms with van der Waals surface area (Å²) in [5.74, 6) is 0.183. The molecular weight excluding hydrogens is 174 g/mol. The fourth-order valence-electron chi connectivity index (χ4n) is 1.80.